The minimum absolute atomic E-state index is 0.00952. The monoisotopic (exact) mass is 285 g/mol. The van der Waals surface area contributed by atoms with Gasteiger partial charge in [0.25, 0.3) is 0 Å². The van der Waals surface area contributed by atoms with Crippen molar-refractivity contribution in [2.24, 2.45) is 23.7 Å². The van der Waals surface area contributed by atoms with Crippen LogP contribution in [0, 0.1) is 23.7 Å². The topological polar surface area (TPSA) is 66.4 Å². The van der Waals surface area contributed by atoms with Crippen LogP contribution in [0.15, 0.2) is 42.5 Å². The number of benzene rings is 1. The molecule has 0 heterocycles. The summed E-state index contributed by atoms with van der Waals surface area (Å²) in [5.74, 6) is -1.95. The van der Waals surface area contributed by atoms with E-state index in [4.69, 9.17) is 0 Å². The summed E-state index contributed by atoms with van der Waals surface area (Å²) in [6.07, 6.45) is 4.74. The van der Waals surface area contributed by atoms with E-state index in [1.807, 2.05) is 49.4 Å². The minimum Gasteiger partial charge on any atom is -0.481 e. The fourth-order valence-corrected chi connectivity index (χ4v) is 3.65. The van der Waals surface area contributed by atoms with Crippen molar-refractivity contribution in [2.45, 2.75) is 19.4 Å². The van der Waals surface area contributed by atoms with Gasteiger partial charge in [0, 0.05) is 0 Å². The third kappa shape index (κ3) is 2.46. The Bertz CT molecular complexity index is 581. The second-order valence-corrected chi connectivity index (χ2v) is 5.98. The first-order valence-corrected chi connectivity index (χ1v) is 7.34. The minimum atomic E-state index is -0.862. The van der Waals surface area contributed by atoms with Gasteiger partial charge in [-0.1, -0.05) is 42.5 Å². The predicted octanol–water partition coefficient (Wildman–Crippen LogP) is 2.39. The van der Waals surface area contributed by atoms with Crippen LogP contribution >= 0.6 is 0 Å². The largest absolute Gasteiger partial charge is 0.481 e. The molecule has 2 aliphatic carbocycles. The number of fused-ring (bicyclic) bond motifs is 2. The molecular weight excluding hydrogens is 266 g/mol. The maximum Gasteiger partial charge on any atom is 0.307 e. The number of aliphatic carboxylic acids is 1. The van der Waals surface area contributed by atoms with Crippen LogP contribution in [-0.4, -0.2) is 17.0 Å². The van der Waals surface area contributed by atoms with E-state index >= 15 is 0 Å². The lowest BCUT2D eigenvalue weighted by molar-refractivity contribution is -0.148. The van der Waals surface area contributed by atoms with Crippen molar-refractivity contribution in [1.82, 2.24) is 5.32 Å². The van der Waals surface area contributed by atoms with Gasteiger partial charge >= 0.3 is 5.97 Å². The molecule has 0 unspecified atom stereocenters. The van der Waals surface area contributed by atoms with Gasteiger partial charge in [-0.05, 0) is 30.7 Å². The SMILES string of the molecule is C[C@H](NC(=O)[C@@H]1[C@@H](C(=O)O)[C@H]2C=C[C@H]1C2)c1ccccc1. The lowest BCUT2D eigenvalue weighted by Crippen LogP contribution is -2.41. The zero-order valence-electron chi connectivity index (χ0n) is 11.9. The fourth-order valence-electron chi connectivity index (χ4n) is 3.65. The zero-order valence-corrected chi connectivity index (χ0v) is 11.9. The van der Waals surface area contributed by atoms with Crippen LogP contribution in [0.2, 0.25) is 0 Å². The van der Waals surface area contributed by atoms with Crippen LogP contribution in [0.5, 0.6) is 0 Å². The molecule has 0 radical (unpaired) electrons. The van der Waals surface area contributed by atoms with Gasteiger partial charge < -0.3 is 10.4 Å². The van der Waals surface area contributed by atoms with E-state index in [0.29, 0.717) is 0 Å². The molecule has 1 amide bonds. The summed E-state index contributed by atoms with van der Waals surface area (Å²) < 4.78 is 0. The van der Waals surface area contributed by atoms with Gasteiger partial charge in [0.2, 0.25) is 5.91 Å². The van der Waals surface area contributed by atoms with Crippen molar-refractivity contribution in [3.8, 4) is 0 Å². The fraction of sp³-hybridized carbons (Fsp3) is 0.412. The Hall–Kier alpha value is -2.10. The van der Waals surface area contributed by atoms with E-state index in [2.05, 4.69) is 5.32 Å². The first kappa shape index (κ1) is 13.9. The molecular formula is C17H19NO3. The third-order valence-electron chi connectivity index (χ3n) is 4.71. The van der Waals surface area contributed by atoms with Gasteiger partial charge in [-0.3, -0.25) is 9.59 Å². The Morgan fingerprint density at radius 2 is 1.76 bits per heavy atom. The van der Waals surface area contributed by atoms with Crippen LogP contribution in [0.3, 0.4) is 0 Å². The zero-order chi connectivity index (χ0) is 15.0. The number of carboxylic acids is 1. The molecule has 21 heavy (non-hydrogen) atoms. The third-order valence-corrected chi connectivity index (χ3v) is 4.71. The summed E-state index contributed by atoms with van der Waals surface area (Å²) >= 11 is 0. The molecule has 1 aromatic rings. The number of carboxylic acid groups (broad SMARTS) is 1. The summed E-state index contributed by atoms with van der Waals surface area (Å²) in [6.45, 7) is 1.92. The van der Waals surface area contributed by atoms with Crippen LogP contribution in [0.25, 0.3) is 0 Å². The number of rotatable bonds is 4. The number of hydrogen-bond donors (Lipinski definition) is 2. The molecule has 2 bridgehead atoms. The van der Waals surface area contributed by atoms with Gasteiger partial charge in [0.15, 0.2) is 0 Å². The van der Waals surface area contributed by atoms with Crippen LogP contribution in [-0.2, 0) is 9.59 Å². The Morgan fingerprint density at radius 1 is 1.14 bits per heavy atom. The second kappa shape index (κ2) is 5.35. The summed E-state index contributed by atoms with van der Waals surface area (Å²) in [5.41, 5.74) is 1.02. The molecule has 0 aromatic heterocycles. The molecule has 2 aliphatic rings. The van der Waals surface area contributed by atoms with Gasteiger partial charge in [-0.2, -0.15) is 0 Å². The van der Waals surface area contributed by atoms with E-state index in [9.17, 15) is 14.7 Å². The molecule has 4 heteroatoms. The molecule has 0 saturated heterocycles. The average Bonchev–Trinajstić information content (AvgIpc) is 3.08. The molecule has 4 nitrogen and oxygen atoms in total. The van der Waals surface area contributed by atoms with Gasteiger partial charge in [-0.15, -0.1) is 0 Å². The number of carbonyl (C=O) groups is 2. The maximum absolute atomic E-state index is 12.5. The molecule has 1 aromatic carbocycles. The van der Waals surface area contributed by atoms with Gasteiger partial charge in [0.1, 0.15) is 0 Å². The number of hydrogen-bond acceptors (Lipinski definition) is 2. The number of allylic oxidation sites excluding steroid dienone is 2. The smallest absolute Gasteiger partial charge is 0.307 e. The quantitative estimate of drug-likeness (QED) is 0.835. The molecule has 1 fully saturated rings. The summed E-state index contributed by atoms with van der Waals surface area (Å²) in [4.78, 5) is 24.0. The highest BCUT2D eigenvalue weighted by Gasteiger charge is 2.51. The van der Waals surface area contributed by atoms with Crippen molar-refractivity contribution in [2.75, 3.05) is 0 Å². The number of amides is 1. The standard InChI is InChI=1S/C17H19NO3/c1-10(11-5-3-2-4-6-11)18-16(19)14-12-7-8-13(9-12)15(14)17(20)21/h2-8,10,12-15H,9H2,1H3,(H,18,19)(H,20,21)/t10-,12-,13-,14-,15-/m0/s1. The highest BCUT2D eigenvalue weighted by Crippen LogP contribution is 2.48. The predicted molar refractivity (Wildman–Crippen MR) is 78.4 cm³/mol. The number of carbonyl (C=O) groups excluding carboxylic acids is 1. The second-order valence-electron chi connectivity index (χ2n) is 5.98. The summed E-state index contributed by atoms with van der Waals surface area (Å²) in [6, 6.07) is 9.59. The van der Waals surface area contributed by atoms with Crippen LogP contribution in [0.4, 0.5) is 0 Å². The van der Waals surface area contributed by atoms with Crippen molar-refractivity contribution in [3.63, 3.8) is 0 Å². The van der Waals surface area contributed by atoms with E-state index in [1.54, 1.807) is 0 Å². The summed E-state index contributed by atoms with van der Waals surface area (Å²) in [5, 5.41) is 12.4. The van der Waals surface area contributed by atoms with Crippen LogP contribution in [0.1, 0.15) is 24.9 Å². The maximum atomic E-state index is 12.5. The van der Waals surface area contributed by atoms with Crippen molar-refractivity contribution < 1.29 is 14.7 Å². The molecule has 0 spiro atoms. The van der Waals surface area contributed by atoms with Crippen molar-refractivity contribution in [1.29, 1.82) is 0 Å². The lowest BCUT2D eigenvalue weighted by atomic mass is 9.82. The average molecular weight is 285 g/mol. The normalized spacial score (nSPS) is 31.1. The lowest BCUT2D eigenvalue weighted by Gasteiger charge is -2.25. The Balaban J connectivity index is 1.73. The Kier molecular flexibility index (Phi) is 3.53. The molecule has 0 aliphatic heterocycles. The van der Waals surface area contributed by atoms with Gasteiger partial charge in [-0.25, -0.2) is 0 Å². The van der Waals surface area contributed by atoms with E-state index in [0.717, 1.165) is 12.0 Å². The van der Waals surface area contributed by atoms with Crippen LogP contribution < -0.4 is 5.32 Å². The molecule has 2 N–H and O–H groups in total. The first-order chi connectivity index (χ1) is 10.1. The molecule has 1 saturated carbocycles. The molecule has 3 rings (SSSR count). The number of nitrogens with one attached hydrogen (secondary N) is 1. The first-order valence-electron chi connectivity index (χ1n) is 7.34. The highest BCUT2D eigenvalue weighted by atomic mass is 16.4. The van der Waals surface area contributed by atoms with E-state index in [1.165, 1.54) is 0 Å². The molecule has 110 valence electrons. The Morgan fingerprint density at radius 3 is 2.38 bits per heavy atom. The molecule has 5 atom stereocenters. The summed E-state index contributed by atoms with van der Waals surface area (Å²) in [7, 11) is 0. The van der Waals surface area contributed by atoms with Crippen molar-refractivity contribution >= 4 is 11.9 Å². The van der Waals surface area contributed by atoms with Crippen molar-refractivity contribution in [3.05, 3.63) is 48.0 Å². The Labute approximate surface area is 123 Å². The van der Waals surface area contributed by atoms with E-state index < -0.39 is 17.8 Å². The van der Waals surface area contributed by atoms with E-state index in [-0.39, 0.29) is 23.8 Å². The van der Waals surface area contributed by atoms with Gasteiger partial charge in [0.05, 0.1) is 17.9 Å². The highest BCUT2D eigenvalue weighted by molar-refractivity contribution is 5.87.